The highest BCUT2D eigenvalue weighted by atomic mass is 35.5. The fourth-order valence-corrected chi connectivity index (χ4v) is 1.23. The third-order valence-electron chi connectivity index (χ3n) is 1.74. The van der Waals surface area contributed by atoms with Gasteiger partial charge in [-0.25, -0.2) is 0 Å². The normalized spacial score (nSPS) is 11.8. The first-order valence-electron chi connectivity index (χ1n) is 3.80. The Kier molecular flexibility index (Phi) is 2.86. The SMILES string of the molecule is CCc1ccc(Cl)c(C(F)(F)F)c1. The van der Waals surface area contributed by atoms with E-state index in [1.165, 1.54) is 6.07 Å². The lowest BCUT2D eigenvalue weighted by Crippen LogP contribution is -2.06. The van der Waals surface area contributed by atoms with Gasteiger partial charge in [0.05, 0.1) is 10.6 Å². The maximum Gasteiger partial charge on any atom is 0.417 e. The summed E-state index contributed by atoms with van der Waals surface area (Å²) in [6.07, 6.45) is -3.79. The van der Waals surface area contributed by atoms with E-state index >= 15 is 0 Å². The lowest BCUT2D eigenvalue weighted by molar-refractivity contribution is -0.137. The predicted octanol–water partition coefficient (Wildman–Crippen LogP) is 3.92. The summed E-state index contributed by atoms with van der Waals surface area (Å²) in [6, 6.07) is 3.96. The largest absolute Gasteiger partial charge is 0.417 e. The first kappa shape index (κ1) is 10.4. The van der Waals surface area contributed by atoms with Crippen LogP contribution in [0.4, 0.5) is 13.2 Å². The highest BCUT2D eigenvalue weighted by Crippen LogP contribution is 2.35. The van der Waals surface area contributed by atoms with Crippen LogP contribution in [0.2, 0.25) is 5.02 Å². The molecule has 1 rings (SSSR count). The van der Waals surface area contributed by atoms with Gasteiger partial charge in [-0.3, -0.25) is 0 Å². The maximum absolute atomic E-state index is 12.3. The predicted molar refractivity (Wildman–Crippen MR) is 45.8 cm³/mol. The molecule has 0 fully saturated rings. The van der Waals surface area contributed by atoms with E-state index in [-0.39, 0.29) is 5.02 Å². The molecule has 4 heteroatoms. The van der Waals surface area contributed by atoms with Gasteiger partial charge in [0.1, 0.15) is 0 Å². The van der Waals surface area contributed by atoms with Crippen molar-refractivity contribution in [1.82, 2.24) is 0 Å². The van der Waals surface area contributed by atoms with E-state index in [1.54, 1.807) is 13.0 Å². The summed E-state index contributed by atoms with van der Waals surface area (Å²) in [6.45, 7) is 1.80. The summed E-state index contributed by atoms with van der Waals surface area (Å²) in [4.78, 5) is 0. The van der Waals surface area contributed by atoms with Crippen LogP contribution in [0.1, 0.15) is 18.1 Å². The van der Waals surface area contributed by atoms with Crippen LogP contribution < -0.4 is 0 Å². The summed E-state index contributed by atoms with van der Waals surface area (Å²) < 4.78 is 36.8. The Morgan fingerprint density at radius 1 is 1.31 bits per heavy atom. The van der Waals surface area contributed by atoms with E-state index in [4.69, 9.17) is 11.6 Å². The summed E-state index contributed by atoms with van der Waals surface area (Å²) in [5, 5.41) is -0.246. The molecule has 0 heterocycles. The molecule has 0 N–H and O–H groups in total. The van der Waals surface area contributed by atoms with E-state index in [2.05, 4.69) is 0 Å². The molecule has 1 aromatic carbocycles. The average Bonchev–Trinajstić information content (AvgIpc) is 2.03. The van der Waals surface area contributed by atoms with Crippen LogP contribution in [0.5, 0.6) is 0 Å². The van der Waals surface area contributed by atoms with Crippen molar-refractivity contribution in [3.05, 3.63) is 34.3 Å². The third-order valence-corrected chi connectivity index (χ3v) is 2.07. The molecule has 72 valence electrons. The summed E-state index contributed by atoms with van der Waals surface area (Å²) in [7, 11) is 0. The molecule has 0 radical (unpaired) electrons. The second kappa shape index (κ2) is 3.58. The van der Waals surface area contributed by atoms with E-state index < -0.39 is 11.7 Å². The lowest BCUT2D eigenvalue weighted by atomic mass is 10.1. The van der Waals surface area contributed by atoms with Crippen molar-refractivity contribution in [2.24, 2.45) is 0 Å². The minimum atomic E-state index is -4.36. The highest BCUT2D eigenvalue weighted by Gasteiger charge is 2.33. The Morgan fingerprint density at radius 2 is 1.92 bits per heavy atom. The van der Waals surface area contributed by atoms with Gasteiger partial charge in [-0.2, -0.15) is 13.2 Å². The summed E-state index contributed by atoms with van der Waals surface area (Å²) in [5.41, 5.74) is -0.120. The van der Waals surface area contributed by atoms with Gasteiger partial charge in [-0.15, -0.1) is 0 Å². The Morgan fingerprint density at radius 3 is 2.38 bits per heavy atom. The molecular formula is C9H8ClF3. The van der Waals surface area contributed by atoms with Crippen LogP contribution in [-0.4, -0.2) is 0 Å². The number of alkyl halides is 3. The minimum absolute atomic E-state index is 0.246. The van der Waals surface area contributed by atoms with Gasteiger partial charge < -0.3 is 0 Å². The zero-order chi connectivity index (χ0) is 10.1. The van der Waals surface area contributed by atoms with Crippen molar-refractivity contribution >= 4 is 11.6 Å². The standard InChI is InChI=1S/C9H8ClF3/c1-2-6-3-4-8(10)7(5-6)9(11,12)13/h3-5H,2H2,1H3. The van der Waals surface area contributed by atoms with Gasteiger partial charge >= 0.3 is 6.18 Å². The molecule has 0 saturated carbocycles. The van der Waals surface area contributed by atoms with Crippen molar-refractivity contribution in [1.29, 1.82) is 0 Å². The zero-order valence-corrected chi connectivity index (χ0v) is 7.71. The second-order valence-electron chi connectivity index (χ2n) is 2.67. The Bertz CT molecular complexity index is 304. The number of benzene rings is 1. The monoisotopic (exact) mass is 208 g/mol. The number of hydrogen-bond acceptors (Lipinski definition) is 0. The molecule has 0 unspecified atom stereocenters. The van der Waals surface area contributed by atoms with E-state index in [0.29, 0.717) is 12.0 Å². The Labute approximate surface area is 79.3 Å². The van der Waals surface area contributed by atoms with Crippen molar-refractivity contribution in [2.45, 2.75) is 19.5 Å². The van der Waals surface area contributed by atoms with Crippen LogP contribution >= 0.6 is 11.6 Å². The van der Waals surface area contributed by atoms with Gasteiger partial charge in [0.2, 0.25) is 0 Å². The smallest absolute Gasteiger partial charge is 0.166 e. The molecule has 0 atom stereocenters. The highest BCUT2D eigenvalue weighted by molar-refractivity contribution is 6.31. The molecule has 0 amide bonds. The molecule has 1 aromatic rings. The average molecular weight is 209 g/mol. The van der Waals surface area contributed by atoms with Crippen LogP contribution in [0.25, 0.3) is 0 Å². The molecule has 0 spiro atoms. The van der Waals surface area contributed by atoms with Gasteiger partial charge in [0.15, 0.2) is 0 Å². The first-order chi connectivity index (χ1) is 5.95. The van der Waals surface area contributed by atoms with Crippen LogP contribution in [0.3, 0.4) is 0 Å². The van der Waals surface area contributed by atoms with E-state index in [1.807, 2.05) is 0 Å². The molecule has 0 nitrogen and oxygen atoms in total. The molecule has 0 bridgehead atoms. The van der Waals surface area contributed by atoms with Gasteiger partial charge in [-0.05, 0) is 24.1 Å². The Hall–Kier alpha value is -0.700. The summed E-state index contributed by atoms with van der Waals surface area (Å²) >= 11 is 5.42. The molecule has 0 aromatic heterocycles. The van der Waals surface area contributed by atoms with Crippen molar-refractivity contribution in [3.8, 4) is 0 Å². The van der Waals surface area contributed by atoms with Crippen molar-refractivity contribution < 1.29 is 13.2 Å². The van der Waals surface area contributed by atoms with Gasteiger partial charge in [-0.1, -0.05) is 24.6 Å². The molecule has 0 aliphatic carbocycles. The quantitative estimate of drug-likeness (QED) is 0.656. The fourth-order valence-electron chi connectivity index (χ4n) is 1.01. The van der Waals surface area contributed by atoms with E-state index in [0.717, 1.165) is 6.07 Å². The second-order valence-corrected chi connectivity index (χ2v) is 3.07. The molecule has 0 aliphatic rings. The van der Waals surface area contributed by atoms with E-state index in [9.17, 15) is 13.2 Å². The minimum Gasteiger partial charge on any atom is -0.166 e. The van der Waals surface area contributed by atoms with Gasteiger partial charge in [0, 0.05) is 0 Å². The molecule has 0 saturated heterocycles. The lowest BCUT2D eigenvalue weighted by Gasteiger charge is -2.09. The van der Waals surface area contributed by atoms with Crippen molar-refractivity contribution in [3.63, 3.8) is 0 Å². The molecule has 13 heavy (non-hydrogen) atoms. The number of aryl methyl sites for hydroxylation is 1. The number of hydrogen-bond donors (Lipinski definition) is 0. The van der Waals surface area contributed by atoms with Gasteiger partial charge in [0.25, 0.3) is 0 Å². The van der Waals surface area contributed by atoms with Crippen molar-refractivity contribution in [2.75, 3.05) is 0 Å². The van der Waals surface area contributed by atoms with Crippen LogP contribution in [0, 0.1) is 0 Å². The Balaban J connectivity index is 3.19. The summed E-state index contributed by atoms with van der Waals surface area (Å²) in [5.74, 6) is 0. The topological polar surface area (TPSA) is 0 Å². The maximum atomic E-state index is 12.3. The zero-order valence-electron chi connectivity index (χ0n) is 6.95. The first-order valence-corrected chi connectivity index (χ1v) is 4.18. The van der Waals surface area contributed by atoms with Crippen LogP contribution in [0.15, 0.2) is 18.2 Å². The molecule has 0 aliphatic heterocycles. The number of rotatable bonds is 1. The third kappa shape index (κ3) is 2.37. The van der Waals surface area contributed by atoms with Crippen LogP contribution in [-0.2, 0) is 12.6 Å². The molecular weight excluding hydrogens is 201 g/mol. The fraction of sp³-hybridized carbons (Fsp3) is 0.333. The number of halogens is 4.